The molecule has 1 aliphatic rings. The third-order valence-electron chi connectivity index (χ3n) is 3.30. The van der Waals surface area contributed by atoms with Crippen LogP contribution in [0.4, 0.5) is 4.39 Å². The fourth-order valence-electron chi connectivity index (χ4n) is 2.21. The Balaban J connectivity index is 2.01. The smallest absolute Gasteiger partial charge is 0.253 e. The first-order valence-electron chi connectivity index (χ1n) is 6.08. The van der Waals surface area contributed by atoms with Gasteiger partial charge in [-0.15, -0.1) is 0 Å². The van der Waals surface area contributed by atoms with Crippen molar-refractivity contribution >= 4 is 17.5 Å². The highest BCUT2D eigenvalue weighted by atomic mass is 35.5. The molecule has 0 atom stereocenters. The number of nitrogens with one attached hydrogen (secondary N) is 1. The lowest BCUT2D eigenvalue weighted by Gasteiger charge is -2.26. The summed E-state index contributed by atoms with van der Waals surface area (Å²) in [6.07, 6.45) is 3.53. The van der Waals surface area contributed by atoms with Gasteiger partial charge in [-0.3, -0.25) is 4.79 Å². The third kappa shape index (κ3) is 3.00. The van der Waals surface area contributed by atoms with Crippen LogP contribution in [0.15, 0.2) is 18.2 Å². The van der Waals surface area contributed by atoms with E-state index in [1.165, 1.54) is 18.2 Å². The molecule has 1 aromatic carbocycles. The minimum absolute atomic E-state index is 0.108. The van der Waals surface area contributed by atoms with Crippen LogP contribution in [-0.2, 0) is 0 Å². The van der Waals surface area contributed by atoms with Crippen LogP contribution in [0.1, 0.15) is 36.0 Å². The molecule has 0 heterocycles. The van der Waals surface area contributed by atoms with E-state index in [1.807, 2.05) is 0 Å². The van der Waals surface area contributed by atoms with Crippen LogP contribution in [0, 0.1) is 5.82 Å². The van der Waals surface area contributed by atoms with Gasteiger partial charge in [-0.25, -0.2) is 4.39 Å². The summed E-state index contributed by atoms with van der Waals surface area (Å²) in [5.41, 5.74) is 5.99. The normalized spacial score (nSPS) is 23.7. The maximum Gasteiger partial charge on any atom is 0.253 e. The van der Waals surface area contributed by atoms with Crippen LogP contribution < -0.4 is 11.1 Å². The van der Waals surface area contributed by atoms with Crippen molar-refractivity contribution in [1.29, 1.82) is 0 Å². The third-order valence-corrected chi connectivity index (χ3v) is 3.69. The molecule has 0 spiro atoms. The Morgan fingerprint density at radius 3 is 2.67 bits per heavy atom. The highest BCUT2D eigenvalue weighted by Gasteiger charge is 2.22. The van der Waals surface area contributed by atoms with E-state index in [9.17, 15) is 9.18 Å². The molecule has 3 nitrogen and oxygen atoms in total. The molecule has 1 aliphatic carbocycles. The van der Waals surface area contributed by atoms with E-state index < -0.39 is 5.82 Å². The quantitative estimate of drug-likeness (QED) is 0.867. The maximum atomic E-state index is 13.2. The molecule has 0 aromatic heterocycles. The predicted octanol–water partition coefficient (Wildman–Crippen LogP) is 2.48. The van der Waals surface area contributed by atoms with Crippen molar-refractivity contribution < 1.29 is 9.18 Å². The standard InChI is InChI=1S/C13H16ClFN2O/c14-12-10(2-1-3-11(12)15)13(18)17-9-6-4-8(16)5-7-9/h1-3,8-9H,4-7,16H2,(H,17,18). The van der Waals surface area contributed by atoms with Crippen molar-refractivity contribution in [3.63, 3.8) is 0 Å². The number of amides is 1. The van der Waals surface area contributed by atoms with Gasteiger partial charge in [0, 0.05) is 12.1 Å². The second-order valence-corrected chi connectivity index (χ2v) is 5.06. The largest absolute Gasteiger partial charge is 0.349 e. The molecule has 1 aromatic rings. The van der Waals surface area contributed by atoms with Crippen molar-refractivity contribution in [2.75, 3.05) is 0 Å². The lowest BCUT2D eigenvalue weighted by Crippen LogP contribution is -2.40. The minimum Gasteiger partial charge on any atom is -0.349 e. The topological polar surface area (TPSA) is 55.1 Å². The van der Waals surface area contributed by atoms with Gasteiger partial charge < -0.3 is 11.1 Å². The Bertz CT molecular complexity index is 445. The first kappa shape index (κ1) is 13.3. The number of nitrogens with two attached hydrogens (primary N) is 1. The Kier molecular flexibility index (Phi) is 4.19. The second kappa shape index (κ2) is 5.67. The molecule has 2 rings (SSSR count). The fourth-order valence-corrected chi connectivity index (χ4v) is 2.42. The van der Waals surface area contributed by atoms with Crippen molar-refractivity contribution in [3.8, 4) is 0 Å². The SMILES string of the molecule is NC1CCC(NC(=O)c2cccc(F)c2Cl)CC1. The van der Waals surface area contributed by atoms with E-state index >= 15 is 0 Å². The van der Waals surface area contributed by atoms with Gasteiger partial charge in [0.05, 0.1) is 10.6 Å². The molecule has 98 valence electrons. The van der Waals surface area contributed by atoms with Crippen molar-refractivity contribution in [1.82, 2.24) is 5.32 Å². The molecule has 0 unspecified atom stereocenters. The molecule has 3 N–H and O–H groups in total. The molecular weight excluding hydrogens is 255 g/mol. The van der Waals surface area contributed by atoms with E-state index in [0.717, 1.165) is 25.7 Å². The van der Waals surface area contributed by atoms with Gasteiger partial charge in [0.2, 0.25) is 0 Å². The van der Waals surface area contributed by atoms with E-state index in [0.29, 0.717) is 0 Å². The molecule has 0 radical (unpaired) electrons. The van der Waals surface area contributed by atoms with E-state index in [1.54, 1.807) is 0 Å². The van der Waals surface area contributed by atoms with Crippen molar-refractivity contribution in [2.24, 2.45) is 5.73 Å². The Hall–Kier alpha value is -1.13. The highest BCUT2D eigenvalue weighted by Crippen LogP contribution is 2.21. The lowest BCUT2D eigenvalue weighted by atomic mass is 9.91. The second-order valence-electron chi connectivity index (χ2n) is 4.69. The molecule has 18 heavy (non-hydrogen) atoms. The number of rotatable bonds is 2. The average Bonchev–Trinajstić information content (AvgIpc) is 2.35. The summed E-state index contributed by atoms with van der Waals surface area (Å²) < 4.78 is 13.2. The Morgan fingerprint density at radius 1 is 1.33 bits per heavy atom. The summed E-state index contributed by atoms with van der Waals surface area (Å²) in [6.45, 7) is 0. The number of carbonyl (C=O) groups excluding carboxylic acids is 1. The molecular formula is C13H16ClFN2O. The fraction of sp³-hybridized carbons (Fsp3) is 0.462. The number of benzene rings is 1. The zero-order valence-corrected chi connectivity index (χ0v) is 10.7. The molecule has 0 bridgehead atoms. The van der Waals surface area contributed by atoms with Gasteiger partial charge in [0.1, 0.15) is 5.82 Å². The first-order chi connectivity index (χ1) is 8.58. The molecule has 1 amide bonds. The van der Waals surface area contributed by atoms with Crippen LogP contribution >= 0.6 is 11.6 Å². The Labute approximate surface area is 111 Å². The highest BCUT2D eigenvalue weighted by molar-refractivity contribution is 6.34. The van der Waals surface area contributed by atoms with E-state index in [-0.39, 0.29) is 28.6 Å². The monoisotopic (exact) mass is 270 g/mol. The van der Waals surface area contributed by atoms with Crippen molar-refractivity contribution in [2.45, 2.75) is 37.8 Å². The van der Waals surface area contributed by atoms with E-state index in [4.69, 9.17) is 17.3 Å². The number of hydrogen-bond acceptors (Lipinski definition) is 2. The first-order valence-corrected chi connectivity index (χ1v) is 6.46. The molecule has 1 saturated carbocycles. The maximum absolute atomic E-state index is 13.2. The summed E-state index contributed by atoms with van der Waals surface area (Å²) in [6, 6.07) is 4.58. The number of carbonyl (C=O) groups is 1. The number of hydrogen-bond donors (Lipinski definition) is 2. The molecule has 0 saturated heterocycles. The van der Waals surface area contributed by atoms with Gasteiger partial charge in [0.25, 0.3) is 5.91 Å². The lowest BCUT2D eigenvalue weighted by molar-refractivity contribution is 0.0925. The summed E-state index contributed by atoms with van der Waals surface area (Å²) >= 11 is 5.77. The van der Waals surface area contributed by atoms with Crippen LogP contribution in [0.3, 0.4) is 0 Å². The van der Waals surface area contributed by atoms with Gasteiger partial charge in [0.15, 0.2) is 0 Å². The summed E-state index contributed by atoms with van der Waals surface area (Å²) in [5, 5.41) is 2.76. The predicted molar refractivity (Wildman–Crippen MR) is 69.1 cm³/mol. The summed E-state index contributed by atoms with van der Waals surface area (Å²) in [4.78, 5) is 12.0. The molecule has 0 aliphatic heterocycles. The number of halogens is 2. The summed E-state index contributed by atoms with van der Waals surface area (Å²) in [7, 11) is 0. The zero-order chi connectivity index (χ0) is 13.1. The van der Waals surface area contributed by atoms with E-state index in [2.05, 4.69) is 5.32 Å². The van der Waals surface area contributed by atoms with Gasteiger partial charge in [-0.2, -0.15) is 0 Å². The Morgan fingerprint density at radius 2 is 2.00 bits per heavy atom. The molecule has 5 heteroatoms. The minimum atomic E-state index is -0.574. The van der Waals surface area contributed by atoms with Crippen molar-refractivity contribution in [3.05, 3.63) is 34.6 Å². The van der Waals surface area contributed by atoms with Crippen LogP contribution in [-0.4, -0.2) is 18.0 Å². The average molecular weight is 271 g/mol. The summed E-state index contributed by atoms with van der Waals surface area (Å²) in [5.74, 6) is -0.894. The van der Waals surface area contributed by atoms with Crippen LogP contribution in [0.2, 0.25) is 5.02 Å². The van der Waals surface area contributed by atoms with Gasteiger partial charge >= 0.3 is 0 Å². The zero-order valence-electron chi connectivity index (χ0n) is 9.96. The van der Waals surface area contributed by atoms with Gasteiger partial charge in [-0.1, -0.05) is 17.7 Å². The van der Waals surface area contributed by atoms with Crippen LogP contribution in [0.5, 0.6) is 0 Å². The van der Waals surface area contributed by atoms with Crippen LogP contribution in [0.25, 0.3) is 0 Å². The molecule has 1 fully saturated rings. The van der Waals surface area contributed by atoms with Gasteiger partial charge in [-0.05, 0) is 37.8 Å².